The average Bonchev–Trinajstić information content (AvgIpc) is 3.00. The fraction of sp³-hybridized carbons (Fsp3) is 0.471. The van der Waals surface area contributed by atoms with E-state index in [0.29, 0.717) is 11.4 Å². The number of pyridine rings is 1. The van der Waals surface area contributed by atoms with Crippen molar-refractivity contribution in [3.63, 3.8) is 0 Å². The Morgan fingerprint density at radius 1 is 1.35 bits per heavy atom. The second-order valence-corrected chi connectivity index (χ2v) is 7.00. The molecule has 0 radical (unpaired) electrons. The highest BCUT2D eigenvalue weighted by Gasteiger charge is 2.17. The van der Waals surface area contributed by atoms with E-state index in [1.54, 1.807) is 5.51 Å². The standard InChI is InChI=1S/C17H22N4OS/c1-12-5-7-21(8-6-12)15-4-3-14(9-18-15)10-19-17(22)16-13(2)20-11-23-16/h3-4,9,11-12H,5-8,10H2,1-2H3,(H,19,22). The third-order valence-electron chi connectivity index (χ3n) is 4.32. The molecular formula is C17H22N4OS. The molecule has 1 fully saturated rings. The zero-order chi connectivity index (χ0) is 16.2. The smallest absolute Gasteiger partial charge is 0.263 e. The van der Waals surface area contributed by atoms with Crippen molar-refractivity contribution in [3.05, 3.63) is 40.0 Å². The van der Waals surface area contributed by atoms with Crippen LogP contribution in [-0.2, 0) is 6.54 Å². The first kappa shape index (κ1) is 15.9. The van der Waals surface area contributed by atoms with Crippen LogP contribution in [-0.4, -0.2) is 29.0 Å². The maximum atomic E-state index is 12.1. The minimum absolute atomic E-state index is 0.0703. The first-order chi connectivity index (χ1) is 11.1. The topological polar surface area (TPSA) is 58.1 Å². The van der Waals surface area contributed by atoms with E-state index in [1.807, 2.05) is 19.2 Å². The summed E-state index contributed by atoms with van der Waals surface area (Å²) in [5.41, 5.74) is 3.48. The van der Waals surface area contributed by atoms with Crippen molar-refractivity contribution in [1.29, 1.82) is 0 Å². The van der Waals surface area contributed by atoms with Crippen molar-refractivity contribution in [2.75, 3.05) is 18.0 Å². The molecule has 2 aromatic heterocycles. The largest absolute Gasteiger partial charge is 0.357 e. The maximum absolute atomic E-state index is 12.1. The summed E-state index contributed by atoms with van der Waals surface area (Å²) in [7, 11) is 0. The molecule has 1 aliphatic heterocycles. The number of carbonyl (C=O) groups excluding carboxylic acids is 1. The van der Waals surface area contributed by atoms with Gasteiger partial charge in [0.2, 0.25) is 0 Å². The molecule has 122 valence electrons. The molecule has 1 amide bonds. The Kier molecular flexibility index (Phi) is 4.91. The number of nitrogens with one attached hydrogen (secondary N) is 1. The van der Waals surface area contributed by atoms with Crippen LogP contribution in [0.15, 0.2) is 23.8 Å². The summed E-state index contributed by atoms with van der Waals surface area (Å²) in [6.45, 7) is 6.80. The molecule has 5 nitrogen and oxygen atoms in total. The fourth-order valence-corrected chi connectivity index (χ4v) is 3.45. The van der Waals surface area contributed by atoms with Crippen molar-refractivity contribution >= 4 is 23.1 Å². The average molecular weight is 330 g/mol. The predicted molar refractivity (Wildman–Crippen MR) is 92.9 cm³/mol. The number of hydrogen-bond donors (Lipinski definition) is 1. The molecule has 6 heteroatoms. The normalized spacial score (nSPS) is 15.7. The Hall–Kier alpha value is -1.95. The number of nitrogens with zero attached hydrogens (tertiary/aromatic N) is 3. The van der Waals surface area contributed by atoms with Gasteiger partial charge >= 0.3 is 0 Å². The van der Waals surface area contributed by atoms with Crippen LogP contribution in [0.3, 0.4) is 0 Å². The molecule has 3 rings (SSSR count). The highest BCUT2D eigenvalue weighted by atomic mass is 32.1. The lowest BCUT2D eigenvalue weighted by Crippen LogP contribution is -2.33. The number of hydrogen-bond acceptors (Lipinski definition) is 5. The summed E-state index contributed by atoms with van der Waals surface area (Å²) in [4.78, 5) is 23.7. The number of amides is 1. The zero-order valence-corrected chi connectivity index (χ0v) is 14.4. The van der Waals surface area contributed by atoms with E-state index in [-0.39, 0.29) is 5.91 Å². The van der Waals surface area contributed by atoms with E-state index in [9.17, 15) is 4.79 Å². The number of aromatic nitrogens is 2. The minimum Gasteiger partial charge on any atom is -0.357 e. The SMILES string of the molecule is Cc1ncsc1C(=O)NCc1ccc(N2CCC(C)CC2)nc1. The Morgan fingerprint density at radius 3 is 2.74 bits per heavy atom. The minimum atomic E-state index is -0.0703. The van der Waals surface area contributed by atoms with Crippen LogP contribution in [0.1, 0.15) is 40.7 Å². The molecule has 0 atom stereocenters. The van der Waals surface area contributed by atoms with Crippen LogP contribution in [0.25, 0.3) is 0 Å². The molecule has 0 aliphatic carbocycles. The van der Waals surface area contributed by atoms with E-state index in [1.165, 1.54) is 24.2 Å². The highest BCUT2D eigenvalue weighted by molar-refractivity contribution is 7.11. The van der Waals surface area contributed by atoms with E-state index >= 15 is 0 Å². The zero-order valence-electron chi connectivity index (χ0n) is 13.6. The Labute approximate surface area is 140 Å². The number of piperidine rings is 1. The second kappa shape index (κ2) is 7.08. The molecule has 0 bridgehead atoms. The summed E-state index contributed by atoms with van der Waals surface area (Å²) in [6.07, 6.45) is 4.31. The van der Waals surface area contributed by atoms with Gasteiger partial charge in [-0.1, -0.05) is 13.0 Å². The van der Waals surface area contributed by atoms with Gasteiger partial charge in [-0.3, -0.25) is 4.79 Å². The second-order valence-electron chi connectivity index (χ2n) is 6.14. The van der Waals surface area contributed by atoms with Crippen molar-refractivity contribution in [1.82, 2.24) is 15.3 Å². The Balaban J connectivity index is 1.55. The third-order valence-corrected chi connectivity index (χ3v) is 5.25. The lowest BCUT2D eigenvalue weighted by molar-refractivity contribution is 0.0954. The van der Waals surface area contributed by atoms with E-state index < -0.39 is 0 Å². The molecule has 1 N–H and O–H groups in total. The van der Waals surface area contributed by atoms with Gasteiger partial charge in [0.05, 0.1) is 11.2 Å². The van der Waals surface area contributed by atoms with E-state index in [2.05, 4.69) is 33.2 Å². The molecular weight excluding hydrogens is 308 g/mol. The van der Waals surface area contributed by atoms with Crippen LogP contribution in [0.4, 0.5) is 5.82 Å². The number of rotatable bonds is 4. The molecule has 0 saturated carbocycles. The number of aryl methyl sites for hydroxylation is 1. The predicted octanol–water partition coefficient (Wildman–Crippen LogP) is 3.01. The molecule has 0 unspecified atom stereocenters. The first-order valence-electron chi connectivity index (χ1n) is 8.01. The van der Waals surface area contributed by atoms with Gasteiger partial charge in [-0.2, -0.15) is 0 Å². The molecule has 3 heterocycles. The van der Waals surface area contributed by atoms with Crippen LogP contribution >= 0.6 is 11.3 Å². The van der Waals surface area contributed by atoms with Crippen molar-refractivity contribution in [2.45, 2.75) is 33.2 Å². The molecule has 23 heavy (non-hydrogen) atoms. The van der Waals surface area contributed by atoms with Gasteiger partial charge in [0, 0.05) is 25.8 Å². The van der Waals surface area contributed by atoms with Crippen LogP contribution in [0, 0.1) is 12.8 Å². The molecule has 0 spiro atoms. The monoisotopic (exact) mass is 330 g/mol. The summed E-state index contributed by atoms with van der Waals surface area (Å²) < 4.78 is 0. The number of anilines is 1. The highest BCUT2D eigenvalue weighted by Crippen LogP contribution is 2.21. The van der Waals surface area contributed by atoms with Crippen LogP contribution in [0.2, 0.25) is 0 Å². The summed E-state index contributed by atoms with van der Waals surface area (Å²) in [5, 5.41) is 2.92. The lowest BCUT2D eigenvalue weighted by atomic mass is 9.99. The third kappa shape index (κ3) is 3.88. The first-order valence-corrected chi connectivity index (χ1v) is 8.89. The molecule has 1 saturated heterocycles. The van der Waals surface area contributed by atoms with Gasteiger partial charge in [0.15, 0.2) is 0 Å². The van der Waals surface area contributed by atoms with Crippen molar-refractivity contribution in [2.24, 2.45) is 5.92 Å². The number of thiazole rings is 1. The van der Waals surface area contributed by atoms with Crippen LogP contribution in [0.5, 0.6) is 0 Å². The molecule has 0 aromatic carbocycles. The maximum Gasteiger partial charge on any atom is 0.263 e. The molecule has 2 aromatic rings. The Morgan fingerprint density at radius 2 is 2.13 bits per heavy atom. The van der Waals surface area contributed by atoms with E-state index in [0.717, 1.165) is 36.1 Å². The van der Waals surface area contributed by atoms with Gasteiger partial charge in [0.1, 0.15) is 10.7 Å². The van der Waals surface area contributed by atoms with Gasteiger partial charge in [-0.25, -0.2) is 9.97 Å². The van der Waals surface area contributed by atoms with Crippen molar-refractivity contribution in [3.8, 4) is 0 Å². The number of carbonyl (C=O) groups is 1. The van der Waals surface area contributed by atoms with E-state index in [4.69, 9.17) is 0 Å². The summed E-state index contributed by atoms with van der Waals surface area (Å²) >= 11 is 1.37. The van der Waals surface area contributed by atoms with Gasteiger partial charge in [-0.15, -0.1) is 11.3 Å². The molecule has 1 aliphatic rings. The fourth-order valence-electron chi connectivity index (χ4n) is 2.73. The van der Waals surface area contributed by atoms with Crippen molar-refractivity contribution < 1.29 is 4.79 Å². The summed E-state index contributed by atoms with van der Waals surface area (Å²) in [6, 6.07) is 4.09. The Bertz CT molecular complexity index is 659. The lowest BCUT2D eigenvalue weighted by Gasteiger charge is -2.31. The van der Waals surface area contributed by atoms with Gasteiger partial charge < -0.3 is 10.2 Å². The van der Waals surface area contributed by atoms with Gasteiger partial charge in [0.25, 0.3) is 5.91 Å². The van der Waals surface area contributed by atoms with Crippen LogP contribution < -0.4 is 10.2 Å². The quantitative estimate of drug-likeness (QED) is 0.936. The van der Waals surface area contributed by atoms with Gasteiger partial charge in [-0.05, 0) is 37.3 Å². The summed E-state index contributed by atoms with van der Waals surface area (Å²) in [5.74, 6) is 1.78.